The molecule has 1 saturated heterocycles. The van der Waals surface area contributed by atoms with Crippen molar-refractivity contribution in [1.29, 1.82) is 0 Å². The Morgan fingerprint density at radius 2 is 1.90 bits per heavy atom. The second-order valence-electron chi connectivity index (χ2n) is 5.89. The van der Waals surface area contributed by atoms with Gasteiger partial charge in [0.15, 0.2) is 5.16 Å². The molecule has 1 aromatic heterocycles. The number of hydrogen-bond donors (Lipinski definition) is 0. The van der Waals surface area contributed by atoms with Crippen molar-refractivity contribution >= 4 is 29.3 Å². The van der Waals surface area contributed by atoms with Gasteiger partial charge >= 0.3 is 0 Å². The maximum Gasteiger partial charge on any atom is 0.230 e. The minimum absolute atomic E-state index is 0.327. The van der Waals surface area contributed by atoms with Gasteiger partial charge in [-0.15, -0.1) is 0 Å². The van der Waals surface area contributed by atoms with Gasteiger partial charge in [0.2, 0.25) is 11.2 Å². The highest BCUT2D eigenvalue weighted by Crippen LogP contribution is 2.35. The predicted octanol–water partition coefficient (Wildman–Crippen LogP) is 3.80. The van der Waals surface area contributed by atoms with E-state index in [-0.39, 0.29) is 0 Å². The molecule has 4 nitrogen and oxygen atoms in total. The van der Waals surface area contributed by atoms with E-state index >= 15 is 0 Å². The molecular weight excluding hydrogens is 292 g/mol. The molecule has 1 aliphatic heterocycles. The minimum Gasteiger partial charge on any atom is -0.341 e. The van der Waals surface area contributed by atoms with E-state index in [1.165, 1.54) is 38.5 Å². The molecule has 0 spiro atoms. The topological polar surface area (TPSA) is 41.9 Å². The lowest BCUT2D eigenvalue weighted by molar-refractivity contribution is 0.394. The molecule has 110 valence electrons. The normalized spacial score (nSPS) is 27.0. The number of hydrogen-bond acceptors (Lipinski definition) is 5. The van der Waals surface area contributed by atoms with Gasteiger partial charge in [0.05, 0.1) is 0 Å². The van der Waals surface area contributed by atoms with Crippen LogP contribution >= 0.6 is 23.4 Å². The zero-order valence-electron chi connectivity index (χ0n) is 11.9. The van der Waals surface area contributed by atoms with Crippen LogP contribution in [0.5, 0.6) is 0 Å². The zero-order chi connectivity index (χ0) is 13.9. The van der Waals surface area contributed by atoms with Crippen molar-refractivity contribution < 1.29 is 0 Å². The molecule has 1 aromatic rings. The smallest absolute Gasteiger partial charge is 0.230 e. The summed E-state index contributed by atoms with van der Waals surface area (Å²) >= 11 is 7.85. The Bertz CT molecular complexity index is 464. The summed E-state index contributed by atoms with van der Waals surface area (Å²) in [6.07, 6.45) is 7.62. The number of aromatic nitrogens is 3. The van der Waals surface area contributed by atoms with E-state index in [0.717, 1.165) is 30.1 Å². The molecular formula is C14H21ClN4S. The highest BCUT2D eigenvalue weighted by Gasteiger charge is 2.22. The van der Waals surface area contributed by atoms with Crippen molar-refractivity contribution in [1.82, 2.24) is 15.0 Å². The van der Waals surface area contributed by atoms with Crippen LogP contribution in [-0.2, 0) is 0 Å². The molecule has 0 N–H and O–H groups in total. The van der Waals surface area contributed by atoms with Gasteiger partial charge < -0.3 is 4.90 Å². The predicted molar refractivity (Wildman–Crippen MR) is 83.6 cm³/mol. The van der Waals surface area contributed by atoms with E-state index in [1.807, 2.05) is 0 Å². The summed E-state index contributed by atoms with van der Waals surface area (Å²) in [5.74, 6) is 1.57. The first-order chi connectivity index (χ1) is 9.70. The molecule has 0 bridgehead atoms. The molecule has 2 heterocycles. The quantitative estimate of drug-likeness (QED) is 0.849. The standard InChI is InChI=1S/C14H21ClN4S/c1-10-5-4-6-11(9-10)20-14-17-12(15)16-13(18-14)19-7-2-3-8-19/h10-11H,2-9H2,1H3. The Hall–Kier alpha value is -0.550. The molecule has 1 aliphatic carbocycles. The lowest BCUT2D eigenvalue weighted by atomic mass is 9.91. The average Bonchev–Trinajstić information content (AvgIpc) is 2.91. The fraction of sp³-hybridized carbons (Fsp3) is 0.786. The number of nitrogens with zero attached hydrogens (tertiary/aromatic N) is 4. The highest BCUT2D eigenvalue weighted by atomic mass is 35.5. The van der Waals surface area contributed by atoms with Crippen molar-refractivity contribution in [2.75, 3.05) is 18.0 Å². The lowest BCUT2D eigenvalue weighted by Crippen LogP contribution is -2.21. The maximum atomic E-state index is 6.07. The Balaban J connectivity index is 1.72. The largest absolute Gasteiger partial charge is 0.341 e. The first-order valence-corrected chi connectivity index (χ1v) is 8.79. The molecule has 2 unspecified atom stereocenters. The summed E-state index contributed by atoms with van der Waals surface area (Å²) in [4.78, 5) is 15.4. The molecule has 1 saturated carbocycles. The van der Waals surface area contributed by atoms with Gasteiger partial charge in [0, 0.05) is 18.3 Å². The van der Waals surface area contributed by atoms with Gasteiger partial charge in [-0.25, -0.2) is 0 Å². The third-order valence-corrected chi connectivity index (χ3v) is 5.45. The third kappa shape index (κ3) is 3.55. The van der Waals surface area contributed by atoms with Gasteiger partial charge in [-0.3, -0.25) is 0 Å². The molecule has 6 heteroatoms. The highest BCUT2D eigenvalue weighted by molar-refractivity contribution is 7.99. The second kappa shape index (κ2) is 6.48. The van der Waals surface area contributed by atoms with E-state index < -0.39 is 0 Å². The van der Waals surface area contributed by atoms with E-state index in [4.69, 9.17) is 11.6 Å². The number of thioether (sulfide) groups is 1. The summed E-state index contributed by atoms with van der Waals surface area (Å²) in [7, 11) is 0. The SMILES string of the molecule is CC1CCCC(Sc2nc(Cl)nc(N3CCCC3)n2)C1. The molecule has 3 rings (SSSR count). The van der Waals surface area contributed by atoms with Gasteiger partial charge in [0.1, 0.15) is 0 Å². The Morgan fingerprint density at radius 3 is 2.65 bits per heavy atom. The zero-order valence-corrected chi connectivity index (χ0v) is 13.5. The van der Waals surface area contributed by atoms with Gasteiger partial charge in [-0.1, -0.05) is 31.5 Å². The third-order valence-electron chi connectivity index (χ3n) is 4.13. The van der Waals surface area contributed by atoms with E-state index in [2.05, 4.69) is 26.8 Å². The lowest BCUT2D eigenvalue weighted by Gasteiger charge is -2.25. The summed E-state index contributed by atoms with van der Waals surface area (Å²) in [6, 6.07) is 0. The Kier molecular flexibility index (Phi) is 4.66. The van der Waals surface area contributed by atoms with Crippen molar-refractivity contribution in [2.24, 2.45) is 5.92 Å². The summed E-state index contributed by atoms with van der Waals surface area (Å²) in [5, 5.41) is 1.75. The Morgan fingerprint density at radius 1 is 1.10 bits per heavy atom. The van der Waals surface area contributed by atoms with Crippen molar-refractivity contribution in [3.05, 3.63) is 5.28 Å². The molecule has 0 amide bonds. The summed E-state index contributed by atoms with van der Waals surface area (Å²) < 4.78 is 0. The van der Waals surface area contributed by atoms with Crippen LogP contribution in [-0.4, -0.2) is 33.3 Å². The number of halogens is 1. The van der Waals surface area contributed by atoms with Crippen molar-refractivity contribution in [2.45, 2.75) is 55.9 Å². The average molecular weight is 313 g/mol. The molecule has 0 aromatic carbocycles. The van der Waals surface area contributed by atoms with Crippen LogP contribution in [0.2, 0.25) is 5.28 Å². The van der Waals surface area contributed by atoms with Crippen LogP contribution in [0.15, 0.2) is 5.16 Å². The first-order valence-electron chi connectivity index (χ1n) is 7.54. The van der Waals surface area contributed by atoms with E-state index in [1.54, 1.807) is 11.8 Å². The molecule has 0 radical (unpaired) electrons. The van der Waals surface area contributed by atoms with Crippen LogP contribution in [0, 0.1) is 5.92 Å². The molecule has 2 atom stereocenters. The summed E-state index contributed by atoms with van der Waals surface area (Å²) in [5.41, 5.74) is 0. The van der Waals surface area contributed by atoms with Crippen molar-refractivity contribution in [3.8, 4) is 0 Å². The van der Waals surface area contributed by atoms with Crippen LogP contribution in [0.4, 0.5) is 5.95 Å². The van der Waals surface area contributed by atoms with Gasteiger partial charge in [-0.05, 0) is 43.2 Å². The van der Waals surface area contributed by atoms with E-state index in [0.29, 0.717) is 10.5 Å². The number of anilines is 1. The first kappa shape index (κ1) is 14.4. The summed E-state index contributed by atoms with van der Waals surface area (Å²) in [6.45, 7) is 4.40. The Labute approximate surface area is 129 Å². The van der Waals surface area contributed by atoms with E-state index in [9.17, 15) is 0 Å². The molecule has 2 fully saturated rings. The second-order valence-corrected chi connectivity index (χ2v) is 7.50. The van der Waals surface area contributed by atoms with Crippen LogP contribution in [0.3, 0.4) is 0 Å². The van der Waals surface area contributed by atoms with Gasteiger partial charge in [0.25, 0.3) is 0 Å². The fourth-order valence-corrected chi connectivity index (χ4v) is 4.55. The van der Waals surface area contributed by atoms with Crippen LogP contribution in [0.25, 0.3) is 0 Å². The maximum absolute atomic E-state index is 6.07. The van der Waals surface area contributed by atoms with Crippen LogP contribution in [0.1, 0.15) is 45.4 Å². The molecule has 2 aliphatic rings. The number of rotatable bonds is 3. The minimum atomic E-state index is 0.327. The van der Waals surface area contributed by atoms with Crippen molar-refractivity contribution in [3.63, 3.8) is 0 Å². The monoisotopic (exact) mass is 312 g/mol. The van der Waals surface area contributed by atoms with Gasteiger partial charge in [-0.2, -0.15) is 15.0 Å². The van der Waals surface area contributed by atoms with Crippen LogP contribution < -0.4 is 4.90 Å². The molecule has 20 heavy (non-hydrogen) atoms. The fourth-order valence-electron chi connectivity index (χ4n) is 3.07.